The number of fused-ring (bicyclic) bond motifs is 5. The lowest BCUT2D eigenvalue weighted by atomic mass is 9.94. The summed E-state index contributed by atoms with van der Waals surface area (Å²) in [4.78, 5) is 16.1. The highest BCUT2D eigenvalue weighted by Gasteiger charge is 2.58. The number of nitrogens with one attached hydrogen (secondary N) is 1. The van der Waals surface area contributed by atoms with E-state index >= 15 is 0 Å². The van der Waals surface area contributed by atoms with Crippen molar-refractivity contribution < 1.29 is 55.2 Å². The smallest absolute Gasteiger partial charge is 0.426 e. The molecule has 0 aliphatic carbocycles. The van der Waals surface area contributed by atoms with Crippen molar-refractivity contribution in [3.05, 3.63) is 17.5 Å². The maximum Gasteiger partial charge on any atom is 0.426 e. The number of anilines is 1. The Labute approximate surface area is 212 Å². The molecular weight excluding hydrogens is 530 g/mol. The molecule has 3 rings (SSSR count). The molecule has 0 fully saturated rings. The Morgan fingerprint density at radius 1 is 1.18 bits per heavy atom. The molecular formula is C22H26F6N4O6. The van der Waals surface area contributed by atoms with Crippen LogP contribution < -0.4 is 10.1 Å². The fourth-order valence-electron chi connectivity index (χ4n) is 3.65. The highest BCUT2D eigenvalue weighted by Crippen LogP contribution is 2.45. The van der Waals surface area contributed by atoms with E-state index in [1.165, 1.54) is 27.7 Å². The molecule has 212 valence electrons. The minimum atomic E-state index is -5.29. The zero-order valence-electron chi connectivity index (χ0n) is 20.7. The number of halogens is 6. The Bertz CT molecular complexity index is 1160. The third-order valence-electron chi connectivity index (χ3n) is 5.37. The molecule has 3 N–H and O–H groups in total. The van der Waals surface area contributed by atoms with Crippen molar-refractivity contribution in [2.75, 3.05) is 5.32 Å². The molecule has 38 heavy (non-hydrogen) atoms. The Kier molecular flexibility index (Phi) is 7.90. The maximum atomic E-state index is 13.9. The van der Waals surface area contributed by atoms with E-state index in [1.54, 1.807) is 0 Å². The maximum absolute atomic E-state index is 13.9. The van der Waals surface area contributed by atoms with Crippen LogP contribution in [-0.4, -0.2) is 55.5 Å². The highest BCUT2D eigenvalue weighted by molar-refractivity contribution is 5.89. The van der Waals surface area contributed by atoms with Crippen LogP contribution in [0, 0.1) is 0 Å². The van der Waals surface area contributed by atoms with Gasteiger partial charge in [-0.15, -0.1) is 10.2 Å². The molecule has 4 bridgehead atoms. The van der Waals surface area contributed by atoms with Gasteiger partial charge in [0, 0.05) is 6.42 Å². The number of aliphatic hydroxyl groups excluding tert-OH is 1. The van der Waals surface area contributed by atoms with Crippen LogP contribution in [0.3, 0.4) is 0 Å². The Hall–Kier alpha value is -3.14. The van der Waals surface area contributed by atoms with Crippen molar-refractivity contribution in [2.45, 2.75) is 89.1 Å². The summed E-state index contributed by atoms with van der Waals surface area (Å²) in [5.74, 6) is -3.14. The normalized spacial score (nSPS) is 23.3. The molecule has 2 aromatic rings. The van der Waals surface area contributed by atoms with E-state index < -0.39 is 82.9 Å². The number of aliphatic hydroxyl groups is 2. The predicted molar refractivity (Wildman–Crippen MR) is 117 cm³/mol. The zero-order valence-corrected chi connectivity index (χ0v) is 20.7. The van der Waals surface area contributed by atoms with E-state index in [-0.39, 0.29) is 19.3 Å². The summed E-state index contributed by atoms with van der Waals surface area (Å²) in [5, 5.41) is 29.5. The van der Waals surface area contributed by atoms with E-state index in [4.69, 9.17) is 13.9 Å². The molecule has 3 atom stereocenters. The molecule has 10 nitrogen and oxygen atoms in total. The largest absolute Gasteiger partial charge is 0.474 e. The van der Waals surface area contributed by atoms with Crippen LogP contribution in [0.2, 0.25) is 0 Å². The first kappa shape index (κ1) is 29.4. The Morgan fingerprint density at radius 3 is 2.42 bits per heavy atom. The van der Waals surface area contributed by atoms with E-state index in [2.05, 4.69) is 20.5 Å². The van der Waals surface area contributed by atoms with Gasteiger partial charge in [-0.2, -0.15) is 26.3 Å². The number of carbonyl (C=O) groups is 1. The number of hydrogen-bond acceptors (Lipinski definition) is 9. The van der Waals surface area contributed by atoms with E-state index in [1.807, 2.05) is 0 Å². The van der Waals surface area contributed by atoms with Gasteiger partial charge >= 0.3 is 18.4 Å². The van der Waals surface area contributed by atoms with Crippen LogP contribution in [0.15, 0.2) is 10.5 Å². The molecule has 16 heteroatoms. The van der Waals surface area contributed by atoms with Crippen molar-refractivity contribution in [1.82, 2.24) is 15.2 Å². The number of alkyl halides is 6. The second kappa shape index (κ2) is 10.2. The number of aromatic nitrogens is 3. The number of nitrogens with zero attached hydrogens (tertiary/aromatic N) is 3. The average molecular weight is 556 g/mol. The molecule has 0 radical (unpaired) electrons. The van der Waals surface area contributed by atoms with Gasteiger partial charge in [-0.05, 0) is 53.0 Å². The first-order valence-electron chi connectivity index (χ1n) is 11.4. The van der Waals surface area contributed by atoms with E-state index in [9.17, 15) is 41.4 Å². The van der Waals surface area contributed by atoms with Crippen molar-refractivity contribution >= 4 is 11.8 Å². The summed E-state index contributed by atoms with van der Waals surface area (Å²) in [6, 6.07) is 0.427. The SMILES string of the molecule is C[C@@H]1CC(O)CCC[C@](O)(C(F)(F)F)c2nnc(o2)-c2nc(c(C(F)(F)F)cc2NC(=O)OC(C)(C)C)O1. The van der Waals surface area contributed by atoms with Gasteiger partial charge < -0.3 is 24.1 Å². The standard InChI is InChI=1S/C22H26F6N4O6/c1-10-8-11(33)6-5-7-20(35,22(26,27)28)17-32-31-16(37-17)14-13(29-18(34)38-19(2,3)4)9-12(21(23,24)25)15(30-14)36-10/h9-11,33,35H,5-8H2,1-4H3,(H,29,34)/t10-,11?,20-/m1/s1. The predicted octanol–water partition coefficient (Wildman–Crippen LogP) is 4.95. The van der Waals surface area contributed by atoms with Gasteiger partial charge in [0.2, 0.25) is 11.5 Å². The molecule has 0 saturated heterocycles. The molecule has 0 spiro atoms. The lowest BCUT2D eigenvalue weighted by Crippen LogP contribution is -2.42. The summed E-state index contributed by atoms with van der Waals surface area (Å²) in [6.07, 6.45) is -15.7. The lowest BCUT2D eigenvalue weighted by Gasteiger charge is -2.27. The molecule has 1 amide bonds. The first-order chi connectivity index (χ1) is 17.3. The molecule has 1 unspecified atom stereocenters. The number of amides is 1. The van der Waals surface area contributed by atoms with E-state index in [0.29, 0.717) is 6.07 Å². The fourth-order valence-corrected chi connectivity index (χ4v) is 3.65. The summed E-state index contributed by atoms with van der Waals surface area (Å²) in [6.45, 7) is 5.81. The van der Waals surface area contributed by atoms with E-state index in [0.717, 1.165) is 0 Å². The molecule has 0 saturated carbocycles. The van der Waals surface area contributed by atoms with Gasteiger partial charge in [-0.3, -0.25) is 5.32 Å². The molecule has 3 heterocycles. The van der Waals surface area contributed by atoms with Gasteiger partial charge in [0.15, 0.2) is 5.69 Å². The summed E-state index contributed by atoms with van der Waals surface area (Å²) in [5.41, 5.74) is -7.49. The number of hydrogen-bond donors (Lipinski definition) is 3. The third kappa shape index (κ3) is 6.64. The lowest BCUT2D eigenvalue weighted by molar-refractivity contribution is -0.277. The Morgan fingerprint density at radius 2 is 1.84 bits per heavy atom. The van der Waals surface area contributed by atoms with Crippen LogP contribution in [0.1, 0.15) is 64.8 Å². The quantitative estimate of drug-likeness (QED) is 0.416. The van der Waals surface area contributed by atoms with Gasteiger partial charge in [0.05, 0.1) is 11.8 Å². The van der Waals surface area contributed by atoms with Crippen molar-refractivity contribution in [2.24, 2.45) is 0 Å². The summed E-state index contributed by atoms with van der Waals surface area (Å²) < 4.78 is 98.9. The second-order valence-electron chi connectivity index (χ2n) is 9.84. The molecule has 1 aliphatic heterocycles. The third-order valence-corrected chi connectivity index (χ3v) is 5.37. The van der Waals surface area contributed by atoms with Crippen LogP contribution in [0.4, 0.5) is 36.8 Å². The highest BCUT2D eigenvalue weighted by atomic mass is 19.4. The van der Waals surface area contributed by atoms with Crippen molar-refractivity contribution in [1.29, 1.82) is 0 Å². The number of pyridine rings is 1. The molecule has 2 aromatic heterocycles. The van der Waals surface area contributed by atoms with Gasteiger partial charge in [-0.25, -0.2) is 9.78 Å². The van der Waals surface area contributed by atoms with Gasteiger partial charge in [0.25, 0.3) is 11.8 Å². The topological polar surface area (TPSA) is 140 Å². The fraction of sp³-hybridized carbons (Fsp3) is 0.636. The van der Waals surface area contributed by atoms with Gasteiger partial charge in [-0.1, -0.05) is 0 Å². The molecule has 1 aliphatic rings. The van der Waals surface area contributed by atoms with Crippen molar-refractivity contribution in [3.8, 4) is 17.5 Å². The van der Waals surface area contributed by atoms with Crippen LogP contribution in [-0.2, 0) is 16.5 Å². The second-order valence-corrected chi connectivity index (χ2v) is 9.84. The summed E-state index contributed by atoms with van der Waals surface area (Å²) >= 11 is 0. The molecule has 0 aromatic carbocycles. The first-order valence-corrected chi connectivity index (χ1v) is 11.4. The Balaban J connectivity index is 2.24. The average Bonchev–Trinajstić information content (AvgIpc) is 3.21. The number of rotatable bonds is 1. The van der Waals surface area contributed by atoms with Crippen LogP contribution >= 0.6 is 0 Å². The minimum absolute atomic E-state index is 0.239. The van der Waals surface area contributed by atoms with Crippen LogP contribution in [0.5, 0.6) is 5.88 Å². The van der Waals surface area contributed by atoms with Crippen LogP contribution in [0.25, 0.3) is 11.6 Å². The minimum Gasteiger partial charge on any atom is -0.474 e. The zero-order chi connectivity index (χ0) is 28.7. The van der Waals surface area contributed by atoms with Crippen molar-refractivity contribution in [3.63, 3.8) is 0 Å². The van der Waals surface area contributed by atoms with Gasteiger partial charge in [0.1, 0.15) is 17.3 Å². The summed E-state index contributed by atoms with van der Waals surface area (Å²) in [7, 11) is 0. The monoisotopic (exact) mass is 556 g/mol. The number of ether oxygens (including phenoxy) is 2. The number of carbonyl (C=O) groups excluding carboxylic acids is 1.